The van der Waals surface area contributed by atoms with Gasteiger partial charge in [-0.3, -0.25) is 19.4 Å². The van der Waals surface area contributed by atoms with Gasteiger partial charge in [0, 0.05) is 10.5 Å². The molecule has 0 bridgehead atoms. The van der Waals surface area contributed by atoms with Crippen LogP contribution in [0.3, 0.4) is 0 Å². The summed E-state index contributed by atoms with van der Waals surface area (Å²) >= 11 is 3.39. The lowest BCUT2D eigenvalue weighted by Gasteiger charge is -2.32. The molecule has 0 saturated heterocycles. The van der Waals surface area contributed by atoms with E-state index in [4.69, 9.17) is 0 Å². The third kappa shape index (κ3) is 2.31. The van der Waals surface area contributed by atoms with Gasteiger partial charge in [0.15, 0.2) is 0 Å². The maximum atomic E-state index is 12.4. The summed E-state index contributed by atoms with van der Waals surface area (Å²) in [5.41, 5.74) is 1.25. The Morgan fingerprint density at radius 3 is 2.45 bits per heavy atom. The molecule has 2 saturated carbocycles. The maximum Gasteiger partial charge on any atom is 0.300 e. The van der Waals surface area contributed by atoms with Crippen LogP contribution in [0.1, 0.15) is 36.0 Å². The minimum Gasteiger partial charge on any atom is -0.291 e. The molecule has 1 amide bonds. The highest BCUT2D eigenvalue weighted by Gasteiger charge is 2.45. The summed E-state index contributed by atoms with van der Waals surface area (Å²) in [5, 5.41) is 0. The number of nitrogens with zero attached hydrogens (tertiary/aromatic N) is 2. The molecule has 3 aliphatic rings. The van der Waals surface area contributed by atoms with Gasteiger partial charge < -0.3 is 0 Å². The van der Waals surface area contributed by atoms with Gasteiger partial charge in [-0.2, -0.15) is 0 Å². The molecule has 1 aromatic rings. The minimum absolute atomic E-state index is 0.398. The molecule has 0 aromatic heterocycles. The zero-order valence-electron chi connectivity index (χ0n) is 12.6. The van der Waals surface area contributed by atoms with Crippen molar-refractivity contribution in [3.8, 4) is 0 Å². The molecule has 0 radical (unpaired) electrons. The van der Waals surface area contributed by atoms with Crippen LogP contribution in [0.5, 0.6) is 0 Å². The molecule has 2 fully saturated rings. The van der Waals surface area contributed by atoms with Gasteiger partial charge in [-0.25, -0.2) is 0 Å². The number of ketones is 1. The van der Waals surface area contributed by atoms with Crippen LogP contribution in [-0.2, 0) is 4.79 Å². The van der Waals surface area contributed by atoms with E-state index in [1.165, 1.54) is 25.7 Å². The average molecular weight is 363 g/mol. The van der Waals surface area contributed by atoms with E-state index < -0.39 is 11.7 Å². The van der Waals surface area contributed by atoms with Crippen LogP contribution in [0.2, 0.25) is 0 Å². The summed E-state index contributed by atoms with van der Waals surface area (Å²) in [6.07, 6.45) is 5.22. The lowest BCUT2D eigenvalue weighted by molar-refractivity contribution is -0.114. The predicted molar refractivity (Wildman–Crippen MR) is 87.8 cm³/mol. The van der Waals surface area contributed by atoms with Crippen molar-refractivity contribution in [3.05, 3.63) is 28.2 Å². The van der Waals surface area contributed by atoms with Crippen molar-refractivity contribution < 1.29 is 9.59 Å². The smallest absolute Gasteiger partial charge is 0.291 e. The fraction of sp³-hybridized carbons (Fsp3) is 0.529. The Morgan fingerprint density at radius 1 is 1.23 bits per heavy atom. The second-order valence-electron chi connectivity index (χ2n) is 6.76. The molecule has 0 atom stereocenters. The number of hydrogen-bond donors (Lipinski definition) is 0. The quantitative estimate of drug-likeness (QED) is 0.755. The minimum atomic E-state index is -0.404. The molecule has 5 heteroatoms. The van der Waals surface area contributed by atoms with Gasteiger partial charge in [-0.1, -0.05) is 6.07 Å². The van der Waals surface area contributed by atoms with E-state index >= 15 is 0 Å². The van der Waals surface area contributed by atoms with Gasteiger partial charge in [0.2, 0.25) is 0 Å². The van der Waals surface area contributed by atoms with Crippen LogP contribution < -0.4 is 4.90 Å². The van der Waals surface area contributed by atoms with E-state index in [1.807, 2.05) is 18.2 Å². The molecule has 0 spiro atoms. The van der Waals surface area contributed by atoms with Crippen molar-refractivity contribution in [2.24, 2.45) is 11.8 Å². The lowest BCUT2D eigenvalue weighted by Crippen LogP contribution is -2.45. The first-order chi connectivity index (χ1) is 10.6. The van der Waals surface area contributed by atoms with Gasteiger partial charge >= 0.3 is 5.91 Å². The number of halogens is 1. The molecule has 1 aromatic carbocycles. The Bertz CT molecular complexity index is 640. The Hall–Kier alpha value is -1.20. The van der Waals surface area contributed by atoms with Crippen LogP contribution in [0.25, 0.3) is 0 Å². The first-order valence-electron chi connectivity index (χ1n) is 7.93. The molecule has 1 heterocycles. The van der Waals surface area contributed by atoms with Gasteiger partial charge in [-0.15, -0.1) is 0 Å². The molecule has 0 N–H and O–H groups in total. The second-order valence-corrected chi connectivity index (χ2v) is 7.61. The summed E-state index contributed by atoms with van der Waals surface area (Å²) in [6, 6.07) is 6.12. The molecular formula is C17H19BrN2O2. The topological polar surface area (TPSA) is 40.6 Å². The van der Waals surface area contributed by atoms with E-state index in [-0.39, 0.29) is 0 Å². The zero-order chi connectivity index (χ0) is 15.4. The molecule has 4 rings (SSSR count). The SMILES string of the molecule is CN(CN1C(=O)C(=O)c2c(Br)cccc21)C(C1CC1)C1CC1. The molecule has 1 aliphatic heterocycles. The lowest BCUT2D eigenvalue weighted by atomic mass is 10.1. The van der Waals surface area contributed by atoms with Crippen molar-refractivity contribution in [3.63, 3.8) is 0 Å². The molecule has 4 nitrogen and oxygen atoms in total. The largest absolute Gasteiger partial charge is 0.300 e. The number of anilines is 1. The fourth-order valence-electron chi connectivity index (χ4n) is 3.74. The number of fused-ring (bicyclic) bond motifs is 1. The standard InChI is InChI=1S/C17H19BrN2O2/c1-19(15(10-5-6-10)11-7-8-11)9-20-13-4-2-3-12(18)14(13)16(21)17(20)22/h2-4,10-11,15H,5-9H2,1H3. The second kappa shape index (κ2) is 5.17. The van der Waals surface area contributed by atoms with E-state index in [2.05, 4.69) is 27.9 Å². The van der Waals surface area contributed by atoms with Gasteiger partial charge in [0.25, 0.3) is 5.78 Å². The summed E-state index contributed by atoms with van der Waals surface area (Å²) < 4.78 is 0.703. The molecule has 0 unspecified atom stereocenters. The molecule has 116 valence electrons. The van der Waals surface area contributed by atoms with E-state index in [1.54, 1.807) is 4.90 Å². The number of Topliss-reactive ketones (excluding diaryl/α,β-unsaturated/α-hetero) is 1. The van der Waals surface area contributed by atoms with Crippen molar-refractivity contribution in [2.45, 2.75) is 31.7 Å². The number of amides is 1. The first-order valence-corrected chi connectivity index (χ1v) is 8.72. The summed E-state index contributed by atoms with van der Waals surface area (Å²) in [4.78, 5) is 28.5. The van der Waals surface area contributed by atoms with Crippen molar-refractivity contribution >= 4 is 33.3 Å². The molecular weight excluding hydrogens is 344 g/mol. The van der Waals surface area contributed by atoms with Gasteiger partial charge in [0.1, 0.15) is 0 Å². The van der Waals surface area contributed by atoms with Crippen molar-refractivity contribution in [2.75, 3.05) is 18.6 Å². The number of benzene rings is 1. The average Bonchev–Trinajstić information content (AvgIpc) is 3.38. The maximum absolute atomic E-state index is 12.4. The highest BCUT2D eigenvalue weighted by Crippen LogP contribution is 2.47. The van der Waals surface area contributed by atoms with Crippen molar-refractivity contribution in [1.82, 2.24) is 4.90 Å². The summed E-state index contributed by atoms with van der Waals surface area (Å²) in [7, 11) is 2.09. The number of carbonyl (C=O) groups excluding carboxylic acids is 2. The predicted octanol–water partition coefficient (Wildman–Crippen LogP) is 3.06. The monoisotopic (exact) mass is 362 g/mol. The summed E-state index contributed by atoms with van der Waals surface area (Å²) in [5.74, 6) is 0.769. The third-order valence-electron chi connectivity index (χ3n) is 5.03. The molecule has 2 aliphatic carbocycles. The summed E-state index contributed by atoms with van der Waals surface area (Å²) in [6.45, 7) is 0.506. The van der Waals surface area contributed by atoms with E-state index in [0.717, 1.165) is 17.5 Å². The number of carbonyl (C=O) groups is 2. The van der Waals surface area contributed by atoms with Crippen LogP contribution in [-0.4, -0.2) is 36.3 Å². The van der Waals surface area contributed by atoms with E-state index in [0.29, 0.717) is 22.7 Å². The van der Waals surface area contributed by atoms with Crippen LogP contribution in [0.15, 0.2) is 22.7 Å². The Morgan fingerprint density at radius 2 is 1.86 bits per heavy atom. The Kier molecular flexibility index (Phi) is 3.38. The van der Waals surface area contributed by atoms with Crippen LogP contribution >= 0.6 is 15.9 Å². The van der Waals surface area contributed by atoms with Gasteiger partial charge in [0.05, 0.1) is 17.9 Å². The first kappa shape index (κ1) is 14.4. The van der Waals surface area contributed by atoms with Crippen molar-refractivity contribution in [1.29, 1.82) is 0 Å². The van der Waals surface area contributed by atoms with Gasteiger partial charge in [-0.05, 0) is 72.6 Å². The zero-order valence-corrected chi connectivity index (χ0v) is 14.2. The third-order valence-corrected chi connectivity index (χ3v) is 5.69. The van der Waals surface area contributed by atoms with E-state index in [9.17, 15) is 9.59 Å². The molecule has 22 heavy (non-hydrogen) atoms. The Labute approximate surface area is 138 Å². The van der Waals surface area contributed by atoms with Crippen LogP contribution in [0, 0.1) is 11.8 Å². The highest BCUT2D eigenvalue weighted by molar-refractivity contribution is 9.10. The highest BCUT2D eigenvalue weighted by atomic mass is 79.9. The Balaban J connectivity index is 1.59. The normalized spacial score (nSPS) is 21.2. The number of rotatable bonds is 5. The van der Waals surface area contributed by atoms with Crippen LogP contribution in [0.4, 0.5) is 5.69 Å². The fourth-order valence-corrected chi connectivity index (χ4v) is 4.28. The number of hydrogen-bond acceptors (Lipinski definition) is 3.